The molecule has 1 N–H and O–H groups in total. The summed E-state index contributed by atoms with van der Waals surface area (Å²) in [6, 6.07) is 11.0. The number of nitrogens with one attached hydrogen (secondary N) is 1. The number of hydrogen-bond acceptors (Lipinski definition) is 2. The lowest BCUT2D eigenvalue weighted by molar-refractivity contribution is -0.138. The average molecular weight is 355 g/mol. The summed E-state index contributed by atoms with van der Waals surface area (Å²) in [6.07, 6.45) is -4.42. The lowest BCUT2D eigenvalue weighted by atomic mass is 10.1. The number of rotatable bonds is 2. The summed E-state index contributed by atoms with van der Waals surface area (Å²) in [5, 5.41) is 11.8. The van der Waals surface area contributed by atoms with Crippen molar-refractivity contribution >= 4 is 27.3 Å². The predicted octanol–water partition coefficient (Wildman–Crippen LogP) is 5.39. The van der Waals surface area contributed by atoms with Crippen LogP contribution >= 0.6 is 15.9 Å². The third kappa shape index (κ3) is 3.56. The van der Waals surface area contributed by atoms with Gasteiger partial charge in [-0.05, 0) is 48.9 Å². The molecule has 0 spiro atoms. The van der Waals surface area contributed by atoms with Crippen molar-refractivity contribution in [3.05, 3.63) is 57.6 Å². The third-order valence-electron chi connectivity index (χ3n) is 2.91. The molecule has 6 heteroatoms. The summed E-state index contributed by atoms with van der Waals surface area (Å²) < 4.78 is 38.5. The van der Waals surface area contributed by atoms with Crippen LogP contribution in [0.4, 0.5) is 24.5 Å². The molecule has 0 saturated carbocycles. The van der Waals surface area contributed by atoms with Crippen LogP contribution in [-0.4, -0.2) is 0 Å². The first-order valence-electron chi connectivity index (χ1n) is 5.96. The van der Waals surface area contributed by atoms with Crippen LogP contribution in [0.25, 0.3) is 0 Å². The van der Waals surface area contributed by atoms with Gasteiger partial charge in [0, 0.05) is 15.8 Å². The first-order valence-corrected chi connectivity index (χ1v) is 6.75. The van der Waals surface area contributed by atoms with Crippen molar-refractivity contribution in [3.63, 3.8) is 0 Å². The van der Waals surface area contributed by atoms with Gasteiger partial charge in [0.1, 0.15) is 0 Å². The maximum atomic E-state index is 12.8. The summed E-state index contributed by atoms with van der Waals surface area (Å²) in [4.78, 5) is 0. The van der Waals surface area contributed by atoms with E-state index in [0.29, 0.717) is 16.9 Å². The molecule has 0 aliphatic carbocycles. The van der Waals surface area contributed by atoms with Crippen molar-refractivity contribution in [1.29, 1.82) is 5.26 Å². The van der Waals surface area contributed by atoms with Crippen molar-refractivity contribution in [2.75, 3.05) is 5.32 Å². The number of nitriles is 1. The Hall–Kier alpha value is -2.00. The van der Waals surface area contributed by atoms with Crippen LogP contribution in [0.1, 0.15) is 16.7 Å². The summed E-state index contributed by atoms with van der Waals surface area (Å²) >= 11 is 2.90. The topological polar surface area (TPSA) is 35.8 Å². The fourth-order valence-electron chi connectivity index (χ4n) is 1.85. The van der Waals surface area contributed by atoms with Gasteiger partial charge in [0.25, 0.3) is 0 Å². The number of hydrogen-bond donors (Lipinski definition) is 1. The number of anilines is 2. The quantitative estimate of drug-likeness (QED) is 0.784. The minimum absolute atomic E-state index is 0.00319. The second-order valence-corrected chi connectivity index (χ2v) is 5.31. The minimum Gasteiger partial charge on any atom is -0.356 e. The van der Waals surface area contributed by atoms with Gasteiger partial charge < -0.3 is 5.32 Å². The second kappa shape index (κ2) is 5.78. The van der Waals surface area contributed by atoms with Gasteiger partial charge in [-0.3, -0.25) is 0 Å². The molecule has 0 bridgehead atoms. The maximum Gasteiger partial charge on any atom is 0.417 e. The number of halogens is 4. The van der Waals surface area contributed by atoms with E-state index in [2.05, 4.69) is 21.2 Å². The maximum absolute atomic E-state index is 12.8. The van der Waals surface area contributed by atoms with Gasteiger partial charge in [-0.25, -0.2) is 0 Å². The lowest BCUT2D eigenvalue weighted by Gasteiger charge is -2.13. The van der Waals surface area contributed by atoms with E-state index in [1.54, 1.807) is 31.2 Å². The van der Waals surface area contributed by atoms with Crippen molar-refractivity contribution in [2.24, 2.45) is 0 Å². The lowest BCUT2D eigenvalue weighted by Crippen LogP contribution is -2.06. The molecule has 0 aliphatic rings. The highest BCUT2D eigenvalue weighted by atomic mass is 79.9. The van der Waals surface area contributed by atoms with E-state index in [9.17, 15) is 13.2 Å². The minimum atomic E-state index is -4.42. The number of nitrogens with zero attached hydrogens (tertiary/aromatic N) is 1. The number of aryl methyl sites for hydroxylation is 1. The van der Waals surface area contributed by atoms with Gasteiger partial charge in [-0.15, -0.1) is 0 Å². The van der Waals surface area contributed by atoms with Crippen LogP contribution in [0, 0.1) is 18.3 Å². The molecule has 2 rings (SSSR count). The van der Waals surface area contributed by atoms with Crippen LogP contribution in [-0.2, 0) is 6.18 Å². The van der Waals surface area contributed by atoms with Crippen LogP contribution in [0.3, 0.4) is 0 Å². The molecule has 0 aromatic heterocycles. The van der Waals surface area contributed by atoms with Gasteiger partial charge in [-0.1, -0.05) is 15.9 Å². The normalized spacial score (nSPS) is 11.0. The Morgan fingerprint density at radius 2 is 1.71 bits per heavy atom. The van der Waals surface area contributed by atoms with E-state index in [-0.39, 0.29) is 4.47 Å². The Morgan fingerprint density at radius 1 is 1.10 bits per heavy atom. The zero-order chi connectivity index (χ0) is 15.6. The van der Waals surface area contributed by atoms with Crippen LogP contribution in [0.2, 0.25) is 0 Å². The largest absolute Gasteiger partial charge is 0.417 e. The van der Waals surface area contributed by atoms with Crippen molar-refractivity contribution in [1.82, 2.24) is 0 Å². The van der Waals surface area contributed by atoms with E-state index in [1.165, 1.54) is 6.07 Å². The van der Waals surface area contributed by atoms with Crippen LogP contribution < -0.4 is 5.32 Å². The van der Waals surface area contributed by atoms with Gasteiger partial charge in [-0.2, -0.15) is 18.4 Å². The Labute approximate surface area is 128 Å². The van der Waals surface area contributed by atoms with E-state index in [4.69, 9.17) is 5.26 Å². The first-order chi connectivity index (χ1) is 9.81. The molecule has 0 heterocycles. The average Bonchev–Trinajstić information content (AvgIpc) is 2.40. The van der Waals surface area contributed by atoms with Crippen LogP contribution in [0.15, 0.2) is 40.9 Å². The Morgan fingerprint density at radius 3 is 2.29 bits per heavy atom. The smallest absolute Gasteiger partial charge is 0.356 e. The van der Waals surface area contributed by atoms with Gasteiger partial charge in [0.15, 0.2) is 0 Å². The molecule has 0 amide bonds. The molecule has 2 nitrogen and oxygen atoms in total. The van der Waals surface area contributed by atoms with Crippen LogP contribution in [0.5, 0.6) is 0 Å². The van der Waals surface area contributed by atoms with Gasteiger partial charge in [0.2, 0.25) is 0 Å². The Kier molecular flexibility index (Phi) is 4.24. The van der Waals surface area contributed by atoms with E-state index in [0.717, 1.165) is 11.6 Å². The van der Waals surface area contributed by atoms with E-state index in [1.807, 2.05) is 6.07 Å². The fourth-order valence-corrected chi connectivity index (χ4v) is 2.33. The highest BCUT2D eigenvalue weighted by molar-refractivity contribution is 9.10. The van der Waals surface area contributed by atoms with E-state index < -0.39 is 11.7 Å². The molecular formula is C15H10BrF3N2. The SMILES string of the molecule is Cc1cc(Nc2ccc(Br)c(C(F)(F)F)c2)ccc1C#N. The van der Waals surface area contributed by atoms with Crippen molar-refractivity contribution < 1.29 is 13.2 Å². The number of alkyl halides is 3. The molecule has 108 valence electrons. The molecule has 2 aromatic carbocycles. The summed E-state index contributed by atoms with van der Waals surface area (Å²) in [6.45, 7) is 1.77. The standard InChI is InChI=1S/C15H10BrF3N2/c1-9-6-11(3-2-10(9)8-20)21-12-4-5-14(16)13(7-12)15(17,18)19/h2-7,21H,1H3. The number of benzene rings is 2. The van der Waals surface area contributed by atoms with Crippen molar-refractivity contribution in [3.8, 4) is 6.07 Å². The highest BCUT2D eigenvalue weighted by Crippen LogP contribution is 2.36. The molecular weight excluding hydrogens is 345 g/mol. The Balaban J connectivity index is 2.33. The highest BCUT2D eigenvalue weighted by Gasteiger charge is 2.33. The summed E-state index contributed by atoms with van der Waals surface area (Å²) in [5.41, 5.74) is 1.51. The summed E-state index contributed by atoms with van der Waals surface area (Å²) in [5.74, 6) is 0. The molecule has 2 aromatic rings. The molecule has 0 atom stereocenters. The van der Waals surface area contributed by atoms with Gasteiger partial charge in [0.05, 0.1) is 17.2 Å². The third-order valence-corrected chi connectivity index (χ3v) is 3.60. The second-order valence-electron chi connectivity index (χ2n) is 4.46. The zero-order valence-electron chi connectivity index (χ0n) is 10.9. The van der Waals surface area contributed by atoms with Crippen molar-refractivity contribution in [2.45, 2.75) is 13.1 Å². The first kappa shape index (κ1) is 15.4. The summed E-state index contributed by atoms with van der Waals surface area (Å²) in [7, 11) is 0. The fraction of sp³-hybridized carbons (Fsp3) is 0.133. The Bertz CT molecular complexity index is 718. The molecule has 0 aliphatic heterocycles. The molecule has 0 saturated heterocycles. The predicted molar refractivity (Wildman–Crippen MR) is 78.3 cm³/mol. The molecule has 0 unspecified atom stereocenters. The molecule has 0 fully saturated rings. The molecule has 21 heavy (non-hydrogen) atoms. The molecule has 0 radical (unpaired) electrons. The zero-order valence-corrected chi connectivity index (χ0v) is 12.5. The monoisotopic (exact) mass is 354 g/mol. The van der Waals surface area contributed by atoms with Gasteiger partial charge >= 0.3 is 6.18 Å². The van der Waals surface area contributed by atoms with E-state index >= 15 is 0 Å².